The number of aromatic hydroxyl groups is 2. The van der Waals surface area contributed by atoms with Gasteiger partial charge in [-0.3, -0.25) is 0 Å². The fraction of sp³-hybridized carbons (Fsp3) is 0. The average Bonchev–Trinajstić information content (AvgIpc) is 2.81. The molecular weight excluding hydrogens is 389 g/mol. The summed E-state index contributed by atoms with van der Waals surface area (Å²) in [6.45, 7) is 0. The average molecular weight is 407 g/mol. The third kappa shape index (κ3) is 3.49. The van der Waals surface area contributed by atoms with Crippen LogP contribution in [0.3, 0.4) is 0 Å². The minimum absolute atomic E-state index is 0.215. The molecule has 150 valence electrons. The summed E-state index contributed by atoms with van der Waals surface area (Å²) in [5.41, 5.74) is 5.53. The second kappa shape index (κ2) is 7.58. The largest absolute Gasteiger partial charge is 0.507 e. The lowest BCUT2D eigenvalue weighted by molar-refractivity contribution is 0.432. The van der Waals surface area contributed by atoms with Crippen LogP contribution in [0.2, 0.25) is 0 Å². The van der Waals surface area contributed by atoms with Gasteiger partial charge in [0.15, 0.2) is 11.6 Å². The highest BCUT2D eigenvalue weighted by molar-refractivity contribution is 5.99. The van der Waals surface area contributed by atoms with Gasteiger partial charge in [-0.1, -0.05) is 54.6 Å². The van der Waals surface area contributed by atoms with Crippen molar-refractivity contribution in [3.8, 4) is 45.0 Å². The van der Waals surface area contributed by atoms with E-state index in [1.807, 2.05) is 66.7 Å². The molecule has 0 spiro atoms. The molecular formula is C27H18FNO2. The molecule has 1 aromatic heterocycles. The minimum atomic E-state index is -0.685. The van der Waals surface area contributed by atoms with E-state index in [-0.39, 0.29) is 11.5 Å². The van der Waals surface area contributed by atoms with Crippen molar-refractivity contribution in [3.63, 3.8) is 0 Å². The van der Waals surface area contributed by atoms with Crippen LogP contribution in [0, 0.1) is 5.82 Å². The third-order valence-electron chi connectivity index (χ3n) is 5.35. The van der Waals surface area contributed by atoms with Gasteiger partial charge in [0.25, 0.3) is 0 Å². The van der Waals surface area contributed by atoms with Gasteiger partial charge in [-0.05, 0) is 59.2 Å². The molecule has 0 bridgehead atoms. The summed E-state index contributed by atoms with van der Waals surface area (Å²) in [7, 11) is 0. The molecule has 0 aliphatic rings. The molecule has 0 amide bonds. The second-order valence-electron chi connectivity index (χ2n) is 7.34. The van der Waals surface area contributed by atoms with E-state index in [9.17, 15) is 14.6 Å². The van der Waals surface area contributed by atoms with Crippen LogP contribution in [0.25, 0.3) is 44.4 Å². The smallest absolute Gasteiger partial charge is 0.165 e. The van der Waals surface area contributed by atoms with Crippen molar-refractivity contribution < 1.29 is 14.6 Å². The zero-order valence-electron chi connectivity index (χ0n) is 16.5. The van der Waals surface area contributed by atoms with Crippen LogP contribution in [-0.4, -0.2) is 15.2 Å². The first-order valence-electron chi connectivity index (χ1n) is 9.87. The molecule has 0 atom stereocenters. The molecule has 0 radical (unpaired) electrons. The van der Waals surface area contributed by atoms with Crippen molar-refractivity contribution in [3.05, 3.63) is 103 Å². The van der Waals surface area contributed by atoms with E-state index in [2.05, 4.69) is 0 Å². The lowest BCUT2D eigenvalue weighted by atomic mass is 9.95. The highest BCUT2D eigenvalue weighted by Gasteiger charge is 2.13. The fourth-order valence-corrected chi connectivity index (χ4v) is 3.78. The molecule has 4 heteroatoms. The van der Waals surface area contributed by atoms with Gasteiger partial charge in [0.05, 0.1) is 11.2 Å². The Kier molecular flexibility index (Phi) is 4.60. The molecule has 0 saturated carbocycles. The lowest BCUT2D eigenvalue weighted by Gasteiger charge is -2.13. The van der Waals surface area contributed by atoms with Crippen molar-refractivity contribution in [2.24, 2.45) is 0 Å². The topological polar surface area (TPSA) is 53.4 Å². The fourth-order valence-electron chi connectivity index (χ4n) is 3.78. The van der Waals surface area contributed by atoms with Crippen LogP contribution in [0.5, 0.6) is 11.5 Å². The predicted molar refractivity (Wildman–Crippen MR) is 121 cm³/mol. The first-order chi connectivity index (χ1) is 15.1. The molecule has 31 heavy (non-hydrogen) atoms. The van der Waals surface area contributed by atoms with Crippen LogP contribution in [0.15, 0.2) is 97.1 Å². The number of hydrogen-bond donors (Lipinski definition) is 2. The predicted octanol–water partition coefficient (Wildman–Crippen LogP) is 6.79. The summed E-state index contributed by atoms with van der Waals surface area (Å²) in [5.74, 6) is -0.858. The maximum Gasteiger partial charge on any atom is 0.165 e. The SMILES string of the molecule is Oc1ccc(-c2cc(-c3ccccc3)c3cc(-c4ccccc4O)ccc3n2)cc1F. The molecule has 5 aromatic rings. The van der Waals surface area contributed by atoms with Gasteiger partial charge >= 0.3 is 0 Å². The Labute approximate surface area is 178 Å². The van der Waals surface area contributed by atoms with Crippen molar-refractivity contribution in [2.75, 3.05) is 0 Å². The van der Waals surface area contributed by atoms with E-state index >= 15 is 0 Å². The Hall–Kier alpha value is -4.18. The Balaban J connectivity index is 1.77. The molecule has 5 rings (SSSR count). The zero-order valence-corrected chi connectivity index (χ0v) is 16.5. The van der Waals surface area contributed by atoms with Crippen molar-refractivity contribution in [2.45, 2.75) is 0 Å². The van der Waals surface area contributed by atoms with Crippen LogP contribution in [0.4, 0.5) is 4.39 Å². The first-order valence-corrected chi connectivity index (χ1v) is 9.87. The number of fused-ring (bicyclic) bond motifs is 1. The number of para-hydroxylation sites is 1. The third-order valence-corrected chi connectivity index (χ3v) is 5.35. The van der Waals surface area contributed by atoms with E-state index in [0.717, 1.165) is 33.2 Å². The number of phenols is 2. The summed E-state index contributed by atoms with van der Waals surface area (Å²) in [6.07, 6.45) is 0. The van der Waals surface area contributed by atoms with Gasteiger partial charge in [-0.2, -0.15) is 0 Å². The number of phenolic OH excluding ortho intramolecular Hbond substituents is 2. The molecule has 1 heterocycles. The van der Waals surface area contributed by atoms with Gasteiger partial charge in [0.2, 0.25) is 0 Å². The Morgan fingerprint density at radius 3 is 2.10 bits per heavy atom. The van der Waals surface area contributed by atoms with Crippen molar-refractivity contribution in [1.29, 1.82) is 0 Å². The number of nitrogens with zero attached hydrogens (tertiary/aromatic N) is 1. The normalized spacial score (nSPS) is 11.0. The van der Waals surface area contributed by atoms with E-state index in [0.29, 0.717) is 11.3 Å². The van der Waals surface area contributed by atoms with E-state index in [1.165, 1.54) is 12.1 Å². The molecule has 4 aromatic carbocycles. The van der Waals surface area contributed by atoms with Crippen LogP contribution >= 0.6 is 0 Å². The second-order valence-corrected chi connectivity index (χ2v) is 7.34. The number of rotatable bonds is 3. The maximum atomic E-state index is 14.0. The summed E-state index contributed by atoms with van der Waals surface area (Å²) in [5, 5.41) is 20.8. The minimum Gasteiger partial charge on any atom is -0.507 e. The van der Waals surface area contributed by atoms with Crippen LogP contribution in [0.1, 0.15) is 0 Å². The molecule has 0 fully saturated rings. The lowest BCUT2D eigenvalue weighted by Crippen LogP contribution is -1.91. The van der Waals surface area contributed by atoms with Gasteiger partial charge in [0, 0.05) is 16.5 Å². The summed E-state index contributed by atoms with van der Waals surface area (Å²) in [6, 6.07) is 29.2. The van der Waals surface area contributed by atoms with Crippen LogP contribution in [-0.2, 0) is 0 Å². The Bertz CT molecular complexity index is 1410. The van der Waals surface area contributed by atoms with Crippen molar-refractivity contribution in [1.82, 2.24) is 4.98 Å². The summed E-state index contributed by atoms with van der Waals surface area (Å²) >= 11 is 0. The molecule has 0 unspecified atom stereocenters. The molecule has 0 aliphatic heterocycles. The molecule has 2 N–H and O–H groups in total. The number of aromatic nitrogens is 1. The number of pyridine rings is 1. The van der Waals surface area contributed by atoms with Gasteiger partial charge < -0.3 is 10.2 Å². The Morgan fingerprint density at radius 2 is 1.32 bits per heavy atom. The molecule has 0 saturated heterocycles. The number of benzene rings is 4. The highest BCUT2D eigenvalue weighted by Crippen LogP contribution is 2.37. The van der Waals surface area contributed by atoms with Gasteiger partial charge in [-0.25, -0.2) is 9.37 Å². The first kappa shape index (κ1) is 18.8. The van der Waals surface area contributed by atoms with E-state index in [1.54, 1.807) is 18.2 Å². The summed E-state index contributed by atoms with van der Waals surface area (Å²) < 4.78 is 14.0. The highest BCUT2D eigenvalue weighted by atomic mass is 19.1. The van der Waals surface area contributed by atoms with E-state index < -0.39 is 5.82 Å². The number of hydrogen-bond acceptors (Lipinski definition) is 3. The maximum absolute atomic E-state index is 14.0. The van der Waals surface area contributed by atoms with Crippen molar-refractivity contribution >= 4 is 10.9 Å². The van der Waals surface area contributed by atoms with E-state index in [4.69, 9.17) is 4.98 Å². The summed E-state index contributed by atoms with van der Waals surface area (Å²) in [4.78, 5) is 4.75. The standard InChI is InChI=1S/C27H18FNO2/c28-23-15-19(11-13-27(23)31)25-16-21(17-6-2-1-3-7-17)22-14-18(10-12-24(22)29-25)20-8-4-5-9-26(20)30/h1-16,30-31H. The zero-order chi connectivity index (χ0) is 21.4. The number of halogens is 1. The van der Waals surface area contributed by atoms with Gasteiger partial charge in [-0.15, -0.1) is 0 Å². The van der Waals surface area contributed by atoms with Gasteiger partial charge in [0.1, 0.15) is 5.75 Å². The quantitative estimate of drug-likeness (QED) is 0.346. The van der Waals surface area contributed by atoms with Crippen LogP contribution < -0.4 is 0 Å². The molecule has 0 aliphatic carbocycles. The Morgan fingerprint density at radius 1 is 0.581 bits per heavy atom. The monoisotopic (exact) mass is 407 g/mol. The molecule has 3 nitrogen and oxygen atoms in total.